The molecule has 2 fully saturated rings. The highest BCUT2D eigenvalue weighted by Gasteiger charge is 2.30. The molecule has 0 spiro atoms. The Labute approximate surface area is 179 Å². The van der Waals surface area contributed by atoms with E-state index in [9.17, 15) is 4.79 Å². The summed E-state index contributed by atoms with van der Waals surface area (Å²) < 4.78 is 5.38. The van der Waals surface area contributed by atoms with Crippen LogP contribution in [-0.2, 0) is 22.5 Å². The van der Waals surface area contributed by atoms with Crippen LogP contribution in [-0.4, -0.2) is 97.2 Å². The molecule has 0 bridgehead atoms. The average Bonchev–Trinajstić information content (AvgIpc) is 2.73. The van der Waals surface area contributed by atoms with Crippen molar-refractivity contribution in [2.75, 3.05) is 70.9 Å². The molecule has 4 rings (SSSR count). The van der Waals surface area contributed by atoms with E-state index in [1.54, 1.807) is 0 Å². The molecular weight excluding hydrogens is 380 g/mol. The molecule has 1 saturated heterocycles. The van der Waals surface area contributed by atoms with Gasteiger partial charge >= 0.3 is 0 Å². The number of rotatable bonds is 9. The van der Waals surface area contributed by atoms with Crippen LogP contribution in [0, 0.1) is 0 Å². The number of nitrogens with zero attached hydrogens (tertiary/aromatic N) is 4. The summed E-state index contributed by atoms with van der Waals surface area (Å²) >= 11 is 0. The van der Waals surface area contributed by atoms with Gasteiger partial charge in [-0.25, -0.2) is 4.98 Å². The maximum atomic E-state index is 12.8. The summed E-state index contributed by atoms with van der Waals surface area (Å²) in [6, 6.07) is 4.94. The zero-order valence-corrected chi connectivity index (χ0v) is 18.0. The molecule has 1 aliphatic carbocycles. The number of nitrogens with one attached hydrogen (secondary N) is 1. The first-order chi connectivity index (χ1) is 14.7. The Hall–Kier alpha value is -1.74. The van der Waals surface area contributed by atoms with Crippen LogP contribution in [0.25, 0.3) is 0 Å². The molecule has 0 unspecified atom stereocenters. The summed E-state index contributed by atoms with van der Waals surface area (Å²) in [5.41, 5.74) is 7.79. The van der Waals surface area contributed by atoms with Crippen molar-refractivity contribution in [3.63, 3.8) is 0 Å². The third-order valence-corrected chi connectivity index (χ3v) is 6.56. The van der Waals surface area contributed by atoms with Crippen LogP contribution >= 0.6 is 0 Å². The Morgan fingerprint density at radius 1 is 1.17 bits per heavy atom. The number of aromatic nitrogens is 1. The number of carbonyl (C=O) groups is 1. The number of anilines is 1. The summed E-state index contributed by atoms with van der Waals surface area (Å²) in [4.78, 5) is 24.5. The zero-order valence-electron chi connectivity index (χ0n) is 18.0. The van der Waals surface area contributed by atoms with Gasteiger partial charge in [0, 0.05) is 70.5 Å². The summed E-state index contributed by atoms with van der Waals surface area (Å²) in [5, 5.41) is 3.30. The quantitative estimate of drug-likeness (QED) is 0.568. The van der Waals surface area contributed by atoms with Gasteiger partial charge in [-0.3, -0.25) is 14.6 Å². The highest BCUT2D eigenvalue weighted by molar-refractivity contribution is 5.78. The smallest absolute Gasteiger partial charge is 0.236 e. The minimum atomic E-state index is 0.274. The van der Waals surface area contributed by atoms with Crippen molar-refractivity contribution in [1.29, 1.82) is 0 Å². The topological polar surface area (TPSA) is 87.0 Å². The summed E-state index contributed by atoms with van der Waals surface area (Å²) in [6.07, 6.45) is 4.94. The van der Waals surface area contributed by atoms with Gasteiger partial charge in [0.15, 0.2) is 0 Å². The van der Waals surface area contributed by atoms with Crippen molar-refractivity contribution in [2.45, 2.75) is 38.3 Å². The minimum Gasteiger partial charge on any atom is -0.378 e. The van der Waals surface area contributed by atoms with Gasteiger partial charge < -0.3 is 20.7 Å². The standard InChI is InChI=1S/C22H36N6O2/c23-7-14-30-15-8-24-21-5-4-18-16-26(9-6-20(18)25-21)17-22(29)28-12-10-27(11-13-28)19-2-1-3-19/h4-5,19H,1-3,6-17,23H2,(H,24,25). The highest BCUT2D eigenvalue weighted by Crippen LogP contribution is 2.25. The van der Waals surface area contributed by atoms with Crippen LogP contribution in [0.5, 0.6) is 0 Å². The fraction of sp³-hybridized carbons (Fsp3) is 0.727. The molecule has 8 nitrogen and oxygen atoms in total. The van der Waals surface area contributed by atoms with Crippen LogP contribution in [0.15, 0.2) is 12.1 Å². The predicted molar refractivity (Wildman–Crippen MR) is 117 cm³/mol. The van der Waals surface area contributed by atoms with E-state index in [0.29, 0.717) is 26.3 Å². The first-order valence-electron chi connectivity index (χ1n) is 11.5. The molecule has 1 saturated carbocycles. The maximum Gasteiger partial charge on any atom is 0.236 e. The van der Waals surface area contributed by atoms with Crippen LogP contribution in [0.2, 0.25) is 0 Å². The van der Waals surface area contributed by atoms with Gasteiger partial charge in [0.2, 0.25) is 5.91 Å². The van der Waals surface area contributed by atoms with Crippen molar-refractivity contribution in [3.8, 4) is 0 Å². The molecule has 1 aromatic heterocycles. The molecule has 0 radical (unpaired) electrons. The van der Waals surface area contributed by atoms with E-state index in [1.807, 2.05) is 6.07 Å². The van der Waals surface area contributed by atoms with Gasteiger partial charge in [0.1, 0.15) is 5.82 Å². The number of hydrogen-bond donors (Lipinski definition) is 2. The zero-order chi connectivity index (χ0) is 20.8. The number of fused-ring (bicyclic) bond motifs is 1. The molecular formula is C22H36N6O2. The van der Waals surface area contributed by atoms with Gasteiger partial charge in [-0.2, -0.15) is 0 Å². The second kappa shape index (κ2) is 10.5. The number of ether oxygens (including phenoxy) is 1. The Balaban J connectivity index is 1.21. The number of piperazine rings is 1. The molecule has 30 heavy (non-hydrogen) atoms. The molecule has 8 heteroatoms. The Morgan fingerprint density at radius 3 is 2.73 bits per heavy atom. The van der Waals surface area contributed by atoms with Crippen molar-refractivity contribution < 1.29 is 9.53 Å². The van der Waals surface area contributed by atoms with Gasteiger partial charge in [0.05, 0.1) is 19.8 Å². The lowest BCUT2D eigenvalue weighted by molar-refractivity contribution is -0.135. The van der Waals surface area contributed by atoms with Crippen LogP contribution in [0.3, 0.4) is 0 Å². The normalized spacial score (nSPS) is 20.6. The summed E-state index contributed by atoms with van der Waals surface area (Å²) in [5.74, 6) is 1.16. The van der Waals surface area contributed by atoms with E-state index in [2.05, 4.69) is 26.1 Å². The number of nitrogens with two attached hydrogens (primary N) is 1. The third kappa shape index (κ3) is 5.49. The maximum absolute atomic E-state index is 12.8. The SMILES string of the molecule is NCCOCCNc1ccc2c(n1)CCN(CC(=O)N1CCN(C3CCC3)CC1)C2. The van der Waals surface area contributed by atoms with Crippen LogP contribution < -0.4 is 11.1 Å². The van der Waals surface area contributed by atoms with E-state index >= 15 is 0 Å². The fourth-order valence-electron chi connectivity index (χ4n) is 4.52. The molecule has 3 N–H and O–H groups in total. The number of hydrogen-bond acceptors (Lipinski definition) is 7. The minimum absolute atomic E-state index is 0.274. The Morgan fingerprint density at radius 2 is 2.00 bits per heavy atom. The molecule has 2 aliphatic heterocycles. The van der Waals surface area contributed by atoms with Crippen molar-refractivity contribution in [2.24, 2.45) is 5.73 Å². The molecule has 1 aromatic rings. The van der Waals surface area contributed by atoms with Gasteiger partial charge in [-0.05, 0) is 24.5 Å². The highest BCUT2D eigenvalue weighted by atomic mass is 16.5. The molecule has 166 valence electrons. The molecule has 0 atom stereocenters. The first-order valence-corrected chi connectivity index (χ1v) is 11.5. The fourth-order valence-corrected chi connectivity index (χ4v) is 4.52. The first kappa shape index (κ1) is 21.5. The van der Waals surface area contributed by atoms with E-state index in [4.69, 9.17) is 15.5 Å². The van der Waals surface area contributed by atoms with Crippen molar-refractivity contribution in [3.05, 3.63) is 23.4 Å². The molecule has 3 heterocycles. The second-order valence-corrected chi connectivity index (χ2v) is 8.59. The lowest BCUT2D eigenvalue weighted by Gasteiger charge is -2.43. The molecule has 1 amide bonds. The van der Waals surface area contributed by atoms with E-state index < -0.39 is 0 Å². The predicted octanol–water partition coefficient (Wildman–Crippen LogP) is 0.524. The summed E-state index contributed by atoms with van der Waals surface area (Å²) in [7, 11) is 0. The largest absolute Gasteiger partial charge is 0.378 e. The van der Waals surface area contributed by atoms with Gasteiger partial charge in [-0.15, -0.1) is 0 Å². The molecule has 3 aliphatic rings. The summed E-state index contributed by atoms with van der Waals surface area (Å²) in [6.45, 7) is 8.52. The number of pyridine rings is 1. The molecule has 0 aromatic carbocycles. The van der Waals surface area contributed by atoms with Crippen LogP contribution in [0.4, 0.5) is 5.82 Å². The Kier molecular flexibility index (Phi) is 7.54. The van der Waals surface area contributed by atoms with Gasteiger partial charge in [-0.1, -0.05) is 12.5 Å². The van der Waals surface area contributed by atoms with E-state index in [1.165, 1.54) is 24.8 Å². The number of carbonyl (C=O) groups excluding carboxylic acids is 1. The van der Waals surface area contributed by atoms with Crippen LogP contribution in [0.1, 0.15) is 30.5 Å². The third-order valence-electron chi connectivity index (χ3n) is 6.56. The average molecular weight is 417 g/mol. The van der Waals surface area contributed by atoms with E-state index in [0.717, 1.165) is 69.8 Å². The monoisotopic (exact) mass is 416 g/mol. The Bertz CT molecular complexity index is 703. The van der Waals surface area contributed by atoms with Crippen molar-refractivity contribution >= 4 is 11.7 Å². The second-order valence-electron chi connectivity index (χ2n) is 8.59. The lowest BCUT2D eigenvalue weighted by atomic mass is 9.91. The van der Waals surface area contributed by atoms with Crippen molar-refractivity contribution in [1.82, 2.24) is 19.7 Å². The number of amides is 1. The lowest BCUT2D eigenvalue weighted by Crippen LogP contribution is -2.55. The van der Waals surface area contributed by atoms with Gasteiger partial charge in [0.25, 0.3) is 0 Å². The van der Waals surface area contributed by atoms with E-state index in [-0.39, 0.29) is 5.91 Å².